The maximum atomic E-state index is 12.2. The molecular weight excluding hydrogens is 324 g/mol. The van der Waals surface area contributed by atoms with Crippen molar-refractivity contribution in [2.45, 2.75) is 19.3 Å². The average molecular weight is 340 g/mol. The number of pyridine rings is 1. The maximum Gasteiger partial charge on any atom is 0.323 e. The number of nitriles is 1. The fraction of sp³-hybridized carbons (Fsp3) is 0.294. The number of hydrogen-bond donors (Lipinski definition) is 1. The fourth-order valence-electron chi connectivity index (χ4n) is 3.01. The lowest BCUT2D eigenvalue weighted by atomic mass is 9.97. The van der Waals surface area contributed by atoms with Crippen LogP contribution in [-0.2, 0) is 16.6 Å². The van der Waals surface area contributed by atoms with E-state index in [1.54, 1.807) is 19.3 Å². The van der Waals surface area contributed by atoms with E-state index in [0.29, 0.717) is 23.0 Å². The highest BCUT2D eigenvalue weighted by Gasteiger charge is 2.33. The van der Waals surface area contributed by atoms with Crippen molar-refractivity contribution in [2.24, 2.45) is 5.92 Å². The van der Waals surface area contributed by atoms with Crippen LogP contribution >= 0.6 is 0 Å². The molecule has 4 rings (SSSR count). The second kappa shape index (κ2) is 5.21. The minimum atomic E-state index is -3.52. The number of hydrogen-bond acceptors (Lipinski definition) is 4. The molecule has 2 aliphatic rings. The van der Waals surface area contributed by atoms with Gasteiger partial charge >= 0.3 is 10.2 Å². The van der Waals surface area contributed by atoms with E-state index in [1.165, 1.54) is 17.1 Å². The van der Waals surface area contributed by atoms with Gasteiger partial charge in [-0.05, 0) is 66.1 Å². The monoisotopic (exact) mass is 340 g/mol. The van der Waals surface area contributed by atoms with Crippen LogP contribution in [0.4, 0.5) is 11.4 Å². The number of rotatable bonds is 3. The molecule has 0 spiro atoms. The molecule has 24 heavy (non-hydrogen) atoms. The van der Waals surface area contributed by atoms with Gasteiger partial charge in [-0.2, -0.15) is 13.7 Å². The third-order valence-electron chi connectivity index (χ3n) is 4.54. The molecule has 1 saturated carbocycles. The lowest BCUT2D eigenvalue weighted by Gasteiger charge is -2.13. The summed E-state index contributed by atoms with van der Waals surface area (Å²) < 4.78 is 28.3. The minimum Gasteiger partial charge on any atom is -0.264 e. The summed E-state index contributed by atoms with van der Waals surface area (Å²) >= 11 is 0. The summed E-state index contributed by atoms with van der Waals surface area (Å²) in [6, 6.07) is 9.46. The minimum absolute atomic E-state index is 0.343. The van der Waals surface area contributed by atoms with Crippen LogP contribution in [0.1, 0.15) is 24.1 Å². The van der Waals surface area contributed by atoms with Gasteiger partial charge < -0.3 is 0 Å². The van der Waals surface area contributed by atoms with Gasteiger partial charge in [0.1, 0.15) is 11.8 Å². The van der Waals surface area contributed by atoms with Crippen LogP contribution in [0.2, 0.25) is 0 Å². The van der Waals surface area contributed by atoms with Crippen molar-refractivity contribution < 1.29 is 8.42 Å². The van der Waals surface area contributed by atoms with E-state index in [-0.39, 0.29) is 0 Å². The summed E-state index contributed by atoms with van der Waals surface area (Å²) in [5, 5.41) is 9.05. The summed E-state index contributed by atoms with van der Waals surface area (Å²) in [7, 11) is -1.97. The average Bonchev–Trinajstić information content (AvgIpc) is 3.35. The molecule has 1 aliphatic heterocycles. The molecule has 1 fully saturated rings. The van der Waals surface area contributed by atoms with Gasteiger partial charge in [0, 0.05) is 13.2 Å². The van der Waals surface area contributed by atoms with E-state index >= 15 is 0 Å². The number of nitrogens with one attached hydrogen (secondary N) is 1. The first kappa shape index (κ1) is 15.0. The molecule has 1 N–H and O–H groups in total. The van der Waals surface area contributed by atoms with E-state index in [0.717, 1.165) is 23.1 Å². The maximum absolute atomic E-state index is 12.2. The van der Waals surface area contributed by atoms with Gasteiger partial charge in [0.05, 0.1) is 11.4 Å². The van der Waals surface area contributed by atoms with Crippen LogP contribution in [0.5, 0.6) is 0 Å². The Labute approximate surface area is 140 Å². The summed E-state index contributed by atoms with van der Waals surface area (Å²) in [5.41, 5.74) is 4.44. The van der Waals surface area contributed by atoms with E-state index < -0.39 is 10.2 Å². The summed E-state index contributed by atoms with van der Waals surface area (Å²) in [6.45, 7) is 0. The molecule has 7 heteroatoms. The number of fused-ring (bicyclic) bond motifs is 1. The molecule has 1 aliphatic carbocycles. The van der Waals surface area contributed by atoms with Gasteiger partial charge in [-0.1, -0.05) is 0 Å². The van der Waals surface area contributed by atoms with Crippen molar-refractivity contribution in [3.05, 3.63) is 41.7 Å². The lowest BCUT2D eigenvalue weighted by Crippen LogP contribution is -2.25. The highest BCUT2D eigenvalue weighted by molar-refractivity contribution is 7.94. The van der Waals surface area contributed by atoms with Crippen LogP contribution in [0, 0.1) is 17.2 Å². The molecule has 0 radical (unpaired) electrons. The first-order valence-electron chi connectivity index (χ1n) is 7.78. The molecule has 2 aromatic rings. The van der Waals surface area contributed by atoms with E-state index in [4.69, 9.17) is 5.26 Å². The van der Waals surface area contributed by atoms with Crippen molar-refractivity contribution in [1.82, 2.24) is 4.98 Å². The number of nitrogens with zero attached hydrogens (tertiary/aromatic N) is 3. The van der Waals surface area contributed by atoms with Crippen molar-refractivity contribution in [3.63, 3.8) is 0 Å². The quantitative estimate of drug-likeness (QED) is 0.931. The Morgan fingerprint density at radius 2 is 2.12 bits per heavy atom. The predicted molar refractivity (Wildman–Crippen MR) is 91.8 cm³/mol. The number of aromatic nitrogens is 1. The van der Waals surface area contributed by atoms with Crippen molar-refractivity contribution in [2.75, 3.05) is 16.1 Å². The normalized spacial score (nSPS) is 17.9. The molecule has 0 amide bonds. The first-order chi connectivity index (χ1) is 11.5. The smallest absolute Gasteiger partial charge is 0.264 e. The zero-order valence-electron chi connectivity index (χ0n) is 13.2. The van der Waals surface area contributed by atoms with Gasteiger partial charge in [0.15, 0.2) is 0 Å². The summed E-state index contributed by atoms with van der Waals surface area (Å²) in [4.78, 5) is 3.99. The largest absolute Gasteiger partial charge is 0.323 e. The summed E-state index contributed by atoms with van der Waals surface area (Å²) in [6.07, 6.45) is 4.84. The Kier molecular flexibility index (Phi) is 3.25. The predicted octanol–water partition coefficient (Wildman–Crippen LogP) is 2.68. The number of benzene rings is 1. The third kappa shape index (κ3) is 2.49. The van der Waals surface area contributed by atoms with Gasteiger partial charge in [0.2, 0.25) is 0 Å². The standard InChI is InChI=1S/C17H16N4O2S/c1-21-16-9-13(12-4-5-19-15(8-12)10-18)7-14(6-11-2-3-11)17(16)20-24(21,22)23/h4-5,7-9,11,20H,2-3,6H2,1H3. The molecular formula is C17H16N4O2S. The molecule has 0 atom stereocenters. The van der Waals surface area contributed by atoms with Gasteiger partial charge in [0.25, 0.3) is 0 Å². The molecule has 6 nitrogen and oxygen atoms in total. The molecule has 1 aromatic carbocycles. The highest BCUT2D eigenvalue weighted by atomic mass is 32.2. The van der Waals surface area contributed by atoms with Gasteiger partial charge in [-0.15, -0.1) is 0 Å². The van der Waals surface area contributed by atoms with E-state index in [9.17, 15) is 8.42 Å². The Morgan fingerprint density at radius 3 is 2.83 bits per heavy atom. The lowest BCUT2D eigenvalue weighted by molar-refractivity contribution is 0.601. The molecule has 0 unspecified atom stereocenters. The Hall–Kier alpha value is -2.59. The molecule has 2 heterocycles. The van der Waals surface area contributed by atoms with Crippen LogP contribution in [-0.4, -0.2) is 20.4 Å². The molecule has 1 aromatic heterocycles. The highest BCUT2D eigenvalue weighted by Crippen LogP contribution is 2.44. The number of anilines is 2. The third-order valence-corrected chi connectivity index (χ3v) is 5.92. The Morgan fingerprint density at radius 1 is 1.33 bits per heavy atom. The van der Waals surface area contributed by atoms with E-state index in [1.807, 2.05) is 24.3 Å². The van der Waals surface area contributed by atoms with Crippen LogP contribution < -0.4 is 9.03 Å². The summed E-state index contributed by atoms with van der Waals surface area (Å²) in [5.74, 6) is 0.631. The zero-order valence-corrected chi connectivity index (χ0v) is 14.0. The Balaban J connectivity index is 1.87. The van der Waals surface area contributed by atoms with Crippen LogP contribution in [0.3, 0.4) is 0 Å². The van der Waals surface area contributed by atoms with Crippen molar-refractivity contribution in [3.8, 4) is 17.2 Å². The molecule has 122 valence electrons. The molecule has 0 saturated heterocycles. The van der Waals surface area contributed by atoms with Crippen LogP contribution in [0.15, 0.2) is 30.5 Å². The van der Waals surface area contributed by atoms with Crippen LogP contribution in [0.25, 0.3) is 11.1 Å². The molecule has 0 bridgehead atoms. The van der Waals surface area contributed by atoms with Crippen molar-refractivity contribution >= 4 is 21.6 Å². The van der Waals surface area contributed by atoms with Gasteiger partial charge in [-0.25, -0.2) is 4.98 Å². The first-order valence-corrected chi connectivity index (χ1v) is 9.22. The second-order valence-electron chi connectivity index (χ2n) is 6.29. The zero-order chi connectivity index (χ0) is 16.9. The van der Waals surface area contributed by atoms with Crippen molar-refractivity contribution in [1.29, 1.82) is 5.26 Å². The van der Waals surface area contributed by atoms with Gasteiger partial charge in [-0.3, -0.25) is 9.03 Å². The Bertz CT molecular complexity index is 975. The topological polar surface area (TPSA) is 86.1 Å². The second-order valence-corrected chi connectivity index (χ2v) is 8.00. The fourth-order valence-corrected chi connectivity index (χ4v) is 4.04. The SMILES string of the molecule is CN1c2cc(-c3ccnc(C#N)c3)cc(CC3CC3)c2NS1(=O)=O. The van der Waals surface area contributed by atoms with E-state index in [2.05, 4.69) is 9.71 Å².